The number of benzene rings is 1. The van der Waals surface area contributed by atoms with Gasteiger partial charge in [0.15, 0.2) is 0 Å². The highest BCUT2D eigenvalue weighted by molar-refractivity contribution is 5.73. The minimum Gasteiger partial charge on any atom is -0.492 e. The first-order valence-corrected chi connectivity index (χ1v) is 7.57. The van der Waals surface area contributed by atoms with Gasteiger partial charge in [0.05, 0.1) is 6.54 Å². The van der Waals surface area contributed by atoms with Gasteiger partial charge in [-0.1, -0.05) is 30.4 Å². The number of nitrogens with one attached hydrogen (secondary N) is 1. The van der Waals surface area contributed by atoms with Crippen molar-refractivity contribution in [2.24, 2.45) is 5.92 Å². The second kappa shape index (κ2) is 8.35. The van der Waals surface area contributed by atoms with E-state index in [2.05, 4.69) is 17.5 Å². The Bertz CT molecular complexity index is 459. The number of carbonyl (C=O) groups excluding carboxylic acids is 1. The molecule has 1 atom stereocenters. The molecule has 0 saturated carbocycles. The number of carbonyl (C=O) groups is 1. The van der Waals surface area contributed by atoms with Crippen LogP contribution in [0.4, 0.5) is 4.79 Å². The molecule has 0 saturated heterocycles. The van der Waals surface area contributed by atoms with Crippen molar-refractivity contribution in [2.45, 2.75) is 19.3 Å². The molecule has 0 aromatic heterocycles. The number of hydrogen-bond donors (Lipinski definition) is 1. The van der Waals surface area contributed by atoms with E-state index in [1.165, 1.54) is 0 Å². The number of allylic oxidation sites excluding steroid dienone is 2. The van der Waals surface area contributed by atoms with Gasteiger partial charge in [-0.25, -0.2) is 4.79 Å². The summed E-state index contributed by atoms with van der Waals surface area (Å²) in [5.74, 6) is 1.41. The van der Waals surface area contributed by atoms with E-state index in [0.29, 0.717) is 19.1 Å². The summed E-state index contributed by atoms with van der Waals surface area (Å²) in [6.45, 7) is 1.83. The minimum absolute atomic E-state index is 0.0267. The normalized spacial score (nSPS) is 17.3. The molecule has 114 valence electrons. The third kappa shape index (κ3) is 5.50. The summed E-state index contributed by atoms with van der Waals surface area (Å²) < 4.78 is 5.59. The Morgan fingerprint density at radius 3 is 2.86 bits per heavy atom. The Morgan fingerprint density at radius 1 is 1.33 bits per heavy atom. The maximum absolute atomic E-state index is 12.0. The van der Waals surface area contributed by atoms with Gasteiger partial charge in [-0.3, -0.25) is 0 Å². The lowest BCUT2D eigenvalue weighted by molar-refractivity contribution is 0.193. The van der Waals surface area contributed by atoms with Crippen molar-refractivity contribution in [1.29, 1.82) is 0 Å². The minimum atomic E-state index is -0.0267. The maximum atomic E-state index is 12.0. The molecule has 0 radical (unpaired) electrons. The zero-order valence-corrected chi connectivity index (χ0v) is 12.6. The van der Waals surface area contributed by atoms with Crippen LogP contribution in [0.2, 0.25) is 0 Å². The largest absolute Gasteiger partial charge is 0.492 e. The van der Waals surface area contributed by atoms with Crippen molar-refractivity contribution < 1.29 is 9.53 Å². The molecule has 4 nitrogen and oxygen atoms in total. The van der Waals surface area contributed by atoms with E-state index in [1.54, 1.807) is 11.9 Å². The first kappa shape index (κ1) is 15.4. The number of hydrogen-bond acceptors (Lipinski definition) is 2. The Labute approximate surface area is 126 Å². The highest BCUT2D eigenvalue weighted by Gasteiger charge is 2.13. The molecule has 0 fully saturated rings. The second-order valence-electron chi connectivity index (χ2n) is 5.42. The smallest absolute Gasteiger partial charge is 0.317 e. The second-order valence-corrected chi connectivity index (χ2v) is 5.42. The van der Waals surface area contributed by atoms with Gasteiger partial charge in [0.2, 0.25) is 0 Å². The highest BCUT2D eigenvalue weighted by Crippen LogP contribution is 2.16. The summed E-state index contributed by atoms with van der Waals surface area (Å²) in [7, 11) is 1.80. The van der Waals surface area contributed by atoms with E-state index < -0.39 is 0 Å². The third-order valence-electron chi connectivity index (χ3n) is 3.70. The standard InChI is InChI=1S/C17H24N2O2/c1-19(12-13-21-16-10-6-3-7-11-16)17(20)18-14-15-8-4-2-5-9-15/h2-4,6-7,10-11,15H,5,8-9,12-14H2,1H3,(H,18,20). The van der Waals surface area contributed by atoms with Gasteiger partial charge in [0, 0.05) is 13.6 Å². The summed E-state index contributed by atoms with van der Waals surface area (Å²) in [5.41, 5.74) is 0. The van der Waals surface area contributed by atoms with E-state index in [0.717, 1.165) is 31.6 Å². The molecule has 0 bridgehead atoms. The highest BCUT2D eigenvalue weighted by atomic mass is 16.5. The fraction of sp³-hybridized carbons (Fsp3) is 0.471. The Hall–Kier alpha value is -1.97. The topological polar surface area (TPSA) is 41.6 Å². The summed E-state index contributed by atoms with van der Waals surface area (Å²) in [4.78, 5) is 13.6. The van der Waals surface area contributed by atoms with Crippen LogP contribution in [0, 0.1) is 5.92 Å². The molecule has 21 heavy (non-hydrogen) atoms. The lowest BCUT2D eigenvalue weighted by Crippen LogP contribution is -2.41. The van der Waals surface area contributed by atoms with Crippen LogP contribution in [0.5, 0.6) is 5.75 Å². The van der Waals surface area contributed by atoms with Crippen molar-refractivity contribution in [3.8, 4) is 5.75 Å². The third-order valence-corrected chi connectivity index (χ3v) is 3.70. The molecule has 1 aliphatic rings. The Balaban J connectivity index is 1.62. The molecular weight excluding hydrogens is 264 g/mol. The molecule has 2 amide bonds. The molecule has 0 aliphatic heterocycles. The predicted molar refractivity (Wildman–Crippen MR) is 84.4 cm³/mol. The quantitative estimate of drug-likeness (QED) is 0.817. The Morgan fingerprint density at radius 2 is 2.14 bits per heavy atom. The van der Waals surface area contributed by atoms with Crippen LogP contribution in [0.1, 0.15) is 19.3 Å². The first-order valence-electron chi connectivity index (χ1n) is 7.57. The molecule has 1 N–H and O–H groups in total. The van der Waals surface area contributed by atoms with E-state index >= 15 is 0 Å². The SMILES string of the molecule is CN(CCOc1ccccc1)C(=O)NCC1CC=CCC1. The average molecular weight is 288 g/mol. The van der Waals surface area contributed by atoms with Gasteiger partial charge in [-0.05, 0) is 37.3 Å². The van der Waals surface area contributed by atoms with Gasteiger partial charge in [0.1, 0.15) is 12.4 Å². The number of rotatable bonds is 6. The van der Waals surface area contributed by atoms with E-state index in [-0.39, 0.29) is 6.03 Å². The number of para-hydroxylation sites is 1. The average Bonchev–Trinajstić information content (AvgIpc) is 2.54. The maximum Gasteiger partial charge on any atom is 0.317 e. The zero-order chi connectivity index (χ0) is 14.9. The molecule has 1 unspecified atom stereocenters. The van der Waals surface area contributed by atoms with Crippen LogP contribution in [0.3, 0.4) is 0 Å². The summed E-state index contributed by atoms with van der Waals surface area (Å²) in [6.07, 6.45) is 7.78. The van der Waals surface area contributed by atoms with Crippen molar-refractivity contribution in [3.05, 3.63) is 42.5 Å². The van der Waals surface area contributed by atoms with Crippen molar-refractivity contribution >= 4 is 6.03 Å². The fourth-order valence-corrected chi connectivity index (χ4v) is 2.33. The molecule has 1 aromatic rings. The van der Waals surface area contributed by atoms with Gasteiger partial charge < -0.3 is 15.0 Å². The van der Waals surface area contributed by atoms with Gasteiger partial charge in [-0.15, -0.1) is 0 Å². The number of likely N-dealkylation sites (N-methyl/N-ethyl adjacent to an activating group) is 1. The predicted octanol–water partition coefficient (Wildman–Crippen LogP) is 3.06. The zero-order valence-electron chi connectivity index (χ0n) is 12.6. The van der Waals surface area contributed by atoms with Crippen molar-refractivity contribution in [3.63, 3.8) is 0 Å². The van der Waals surface area contributed by atoms with E-state index in [9.17, 15) is 4.79 Å². The summed E-state index contributed by atoms with van der Waals surface area (Å²) >= 11 is 0. The van der Waals surface area contributed by atoms with Gasteiger partial charge >= 0.3 is 6.03 Å². The molecule has 0 heterocycles. The number of amides is 2. The Kier molecular flexibility index (Phi) is 6.13. The van der Waals surface area contributed by atoms with Crippen LogP contribution in [-0.4, -0.2) is 37.7 Å². The van der Waals surface area contributed by atoms with Crippen molar-refractivity contribution in [2.75, 3.05) is 26.7 Å². The van der Waals surface area contributed by atoms with Crippen molar-refractivity contribution in [1.82, 2.24) is 10.2 Å². The van der Waals surface area contributed by atoms with Crippen LogP contribution in [0.25, 0.3) is 0 Å². The van der Waals surface area contributed by atoms with E-state index in [4.69, 9.17) is 4.74 Å². The van der Waals surface area contributed by atoms with Crippen LogP contribution >= 0.6 is 0 Å². The molecule has 4 heteroatoms. The first-order chi connectivity index (χ1) is 10.3. The summed E-state index contributed by atoms with van der Waals surface area (Å²) in [5, 5.41) is 3.00. The molecule has 1 aliphatic carbocycles. The van der Waals surface area contributed by atoms with Crippen LogP contribution < -0.4 is 10.1 Å². The van der Waals surface area contributed by atoms with Crippen LogP contribution in [0.15, 0.2) is 42.5 Å². The number of ether oxygens (including phenoxy) is 1. The van der Waals surface area contributed by atoms with Gasteiger partial charge in [-0.2, -0.15) is 0 Å². The molecule has 0 spiro atoms. The molecule has 2 rings (SSSR count). The lowest BCUT2D eigenvalue weighted by Gasteiger charge is -2.22. The summed E-state index contributed by atoms with van der Waals surface area (Å²) in [6, 6.07) is 9.62. The monoisotopic (exact) mass is 288 g/mol. The fourth-order valence-electron chi connectivity index (χ4n) is 2.33. The molecule has 1 aromatic carbocycles. The van der Waals surface area contributed by atoms with E-state index in [1.807, 2.05) is 30.3 Å². The lowest BCUT2D eigenvalue weighted by atomic mass is 9.94. The number of urea groups is 1. The van der Waals surface area contributed by atoms with Gasteiger partial charge in [0.25, 0.3) is 0 Å². The number of nitrogens with zero attached hydrogens (tertiary/aromatic N) is 1. The van der Waals surface area contributed by atoms with Crippen LogP contribution in [-0.2, 0) is 0 Å². The molecular formula is C17H24N2O2.